The number of nitrogens with zero attached hydrogens (tertiary/aromatic N) is 1. The maximum atomic E-state index is 9.07. The molecule has 0 saturated carbocycles. The Morgan fingerprint density at radius 3 is 2.50 bits per heavy atom. The van der Waals surface area contributed by atoms with Crippen LogP contribution in [0.5, 0.6) is 0 Å². The van der Waals surface area contributed by atoms with Crippen molar-refractivity contribution in [2.75, 3.05) is 33.4 Å². The topological polar surface area (TPSA) is 58.7 Å². The summed E-state index contributed by atoms with van der Waals surface area (Å²) >= 11 is 0. The third kappa shape index (κ3) is 4.91. The highest BCUT2D eigenvalue weighted by molar-refractivity contribution is 4.83. The highest BCUT2D eigenvalue weighted by Gasteiger charge is 2.23. The molecule has 0 bridgehead atoms. The minimum atomic E-state index is -0.530. The summed E-state index contributed by atoms with van der Waals surface area (Å²) in [5.74, 6) is 0. The van der Waals surface area contributed by atoms with Gasteiger partial charge < -0.3 is 15.6 Å². The predicted octanol–water partition coefficient (Wildman–Crippen LogP) is 0.0529. The van der Waals surface area contributed by atoms with Crippen molar-refractivity contribution in [2.24, 2.45) is 5.73 Å². The minimum absolute atomic E-state index is 0.00318. The van der Waals surface area contributed by atoms with Gasteiger partial charge in [0, 0.05) is 25.2 Å². The zero-order valence-electron chi connectivity index (χ0n) is 9.79. The summed E-state index contributed by atoms with van der Waals surface area (Å²) in [4.78, 5) is 2.21. The standard InChI is InChI=1S/C10H24N2O2/c1-5-12(9(2)6-14-4)7-10(3,11)8-13/h9,13H,5-8,11H2,1-4H3. The van der Waals surface area contributed by atoms with Gasteiger partial charge >= 0.3 is 0 Å². The second kappa shape index (κ2) is 6.35. The van der Waals surface area contributed by atoms with Crippen LogP contribution >= 0.6 is 0 Å². The molecule has 4 nitrogen and oxygen atoms in total. The Balaban J connectivity index is 4.14. The SMILES string of the molecule is CCN(CC(C)(N)CO)C(C)COC. The Kier molecular flexibility index (Phi) is 6.27. The molecule has 0 aromatic carbocycles. The van der Waals surface area contributed by atoms with Gasteiger partial charge in [-0.2, -0.15) is 0 Å². The molecule has 0 aromatic rings. The highest BCUT2D eigenvalue weighted by atomic mass is 16.5. The van der Waals surface area contributed by atoms with Crippen LogP contribution in [0.2, 0.25) is 0 Å². The van der Waals surface area contributed by atoms with E-state index in [1.165, 1.54) is 0 Å². The molecule has 0 aliphatic rings. The fourth-order valence-corrected chi connectivity index (χ4v) is 1.44. The molecule has 4 heteroatoms. The fraction of sp³-hybridized carbons (Fsp3) is 1.00. The van der Waals surface area contributed by atoms with Crippen molar-refractivity contribution < 1.29 is 9.84 Å². The largest absolute Gasteiger partial charge is 0.394 e. The molecule has 0 amide bonds. The lowest BCUT2D eigenvalue weighted by Crippen LogP contribution is -2.53. The lowest BCUT2D eigenvalue weighted by atomic mass is 10.0. The number of aliphatic hydroxyl groups is 1. The first-order valence-corrected chi connectivity index (χ1v) is 5.09. The van der Waals surface area contributed by atoms with E-state index in [1.807, 2.05) is 6.92 Å². The molecular formula is C10H24N2O2. The molecule has 0 saturated heterocycles. The van der Waals surface area contributed by atoms with Gasteiger partial charge in [-0.15, -0.1) is 0 Å². The second-order valence-corrected chi connectivity index (χ2v) is 4.18. The molecule has 0 aliphatic heterocycles. The number of hydrogen-bond acceptors (Lipinski definition) is 4. The van der Waals surface area contributed by atoms with Crippen LogP contribution in [0, 0.1) is 0 Å². The first-order chi connectivity index (χ1) is 6.46. The van der Waals surface area contributed by atoms with Crippen LogP contribution in [0.15, 0.2) is 0 Å². The Hall–Kier alpha value is -0.160. The average Bonchev–Trinajstić information content (AvgIpc) is 2.14. The molecule has 3 N–H and O–H groups in total. The summed E-state index contributed by atoms with van der Waals surface area (Å²) in [6.45, 7) is 8.33. The van der Waals surface area contributed by atoms with E-state index in [2.05, 4.69) is 18.7 Å². The van der Waals surface area contributed by atoms with Crippen LogP contribution in [0.1, 0.15) is 20.8 Å². The van der Waals surface area contributed by atoms with Gasteiger partial charge in [0.15, 0.2) is 0 Å². The molecule has 0 radical (unpaired) electrons. The monoisotopic (exact) mass is 204 g/mol. The van der Waals surface area contributed by atoms with E-state index in [0.29, 0.717) is 19.2 Å². The summed E-state index contributed by atoms with van der Waals surface area (Å²) in [7, 11) is 1.69. The van der Waals surface area contributed by atoms with Crippen molar-refractivity contribution in [3.8, 4) is 0 Å². The molecule has 2 unspecified atom stereocenters. The van der Waals surface area contributed by atoms with E-state index in [4.69, 9.17) is 15.6 Å². The Morgan fingerprint density at radius 1 is 1.57 bits per heavy atom. The van der Waals surface area contributed by atoms with Crippen molar-refractivity contribution in [2.45, 2.75) is 32.4 Å². The third-order valence-electron chi connectivity index (χ3n) is 2.36. The highest BCUT2D eigenvalue weighted by Crippen LogP contribution is 2.06. The number of methoxy groups -OCH3 is 1. The van der Waals surface area contributed by atoms with Gasteiger partial charge in [0.05, 0.1) is 13.2 Å². The maximum absolute atomic E-state index is 9.07. The normalized spacial score (nSPS) is 18.2. The summed E-state index contributed by atoms with van der Waals surface area (Å²) < 4.78 is 5.09. The van der Waals surface area contributed by atoms with Crippen LogP contribution in [0.4, 0.5) is 0 Å². The van der Waals surface area contributed by atoms with E-state index in [1.54, 1.807) is 7.11 Å². The minimum Gasteiger partial charge on any atom is -0.394 e. The first-order valence-electron chi connectivity index (χ1n) is 5.09. The first kappa shape index (κ1) is 13.8. The van der Waals surface area contributed by atoms with Crippen LogP contribution < -0.4 is 5.73 Å². The van der Waals surface area contributed by atoms with E-state index < -0.39 is 5.54 Å². The number of rotatable bonds is 7. The quantitative estimate of drug-likeness (QED) is 0.615. The van der Waals surface area contributed by atoms with E-state index in [9.17, 15) is 0 Å². The van der Waals surface area contributed by atoms with Crippen LogP contribution in [-0.2, 0) is 4.74 Å². The average molecular weight is 204 g/mol. The summed E-state index contributed by atoms with van der Waals surface area (Å²) in [5, 5.41) is 9.07. The maximum Gasteiger partial charge on any atom is 0.0621 e. The number of aliphatic hydroxyl groups excluding tert-OH is 1. The molecule has 0 aromatic heterocycles. The molecular weight excluding hydrogens is 180 g/mol. The van der Waals surface area contributed by atoms with Crippen molar-refractivity contribution >= 4 is 0 Å². The van der Waals surface area contributed by atoms with Gasteiger partial charge in [0.2, 0.25) is 0 Å². The van der Waals surface area contributed by atoms with Crippen LogP contribution in [0.25, 0.3) is 0 Å². The summed E-state index contributed by atoms with van der Waals surface area (Å²) in [6.07, 6.45) is 0. The van der Waals surface area contributed by atoms with E-state index in [0.717, 1.165) is 6.54 Å². The summed E-state index contributed by atoms with van der Waals surface area (Å²) in [6, 6.07) is 0.333. The zero-order valence-corrected chi connectivity index (χ0v) is 9.79. The molecule has 0 rings (SSSR count). The third-order valence-corrected chi connectivity index (χ3v) is 2.36. The Bertz CT molecular complexity index is 151. The smallest absolute Gasteiger partial charge is 0.0621 e. The molecule has 0 aliphatic carbocycles. The van der Waals surface area contributed by atoms with Gasteiger partial charge in [0.1, 0.15) is 0 Å². The molecule has 0 spiro atoms. The number of hydrogen-bond donors (Lipinski definition) is 2. The molecule has 2 atom stereocenters. The van der Waals surface area contributed by atoms with E-state index in [-0.39, 0.29) is 6.61 Å². The van der Waals surface area contributed by atoms with Gasteiger partial charge in [-0.3, -0.25) is 4.90 Å². The second-order valence-electron chi connectivity index (χ2n) is 4.18. The predicted molar refractivity (Wildman–Crippen MR) is 58.3 cm³/mol. The van der Waals surface area contributed by atoms with Gasteiger partial charge in [-0.1, -0.05) is 6.92 Å². The molecule has 86 valence electrons. The zero-order chi connectivity index (χ0) is 11.2. The van der Waals surface area contributed by atoms with Crippen molar-refractivity contribution in [1.29, 1.82) is 0 Å². The fourth-order valence-electron chi connectivity index (χ4n) is 1.44. The number of likely N-dealkylation sites (N-methyl/N-ethyl adjacent to an activating group) is 1. The molecule has 0 fully saturated rings. The lowest BCUT2D eigenvalue weighted by Gasteiger charge is -2.34. The summed E-state index contributed by atoms with van der Waals surface area (Å²) in [5.41, 5.74) is 5.36. The van der Waals surface area contributed by atoms with Crippen molar-refractivity contribution in [3.05, 3.63) is 0 Å². The lowest BCUT2D eigenvalue weighted by molar-refractivity contribution is 0.0749. The van der Waals surface area contributed by atoms with E-state index >= 15 is 0 Å². The number of nitrogens with two attached hydrogens (primary N) is 1. The van der Waals surface area contributed by atoms with Crippen molar-refractivity contribution in [1.82, 2.24) is 4.90 Å². The van der Waals surface area contributed by atoms with Crippen LogP contribution in [-0.4, -0.2) is 55.0 Å². The Morgan fingerprint density at radius 2 is 2.14 bits per heavy atom. The van der Waals surface area contributed by atoms with Gasteiger partial charge in [-0.05, 0) is 20.4 Å². The van der Waals surface area contributed by atoms with Crippen LogP contribution in [0.3, 0.4) is 0 Å². The van der Waals surface area contributed by atoms with Gasteiger partial charge in [-0.25, -0.2) is 0 Å². The van der Waals surface area contributed by atoms with Crippen molar-refractivity contribution in [3.63, 3.8) is 0 Å². The van der Waals surface area contributed by atoms with Gasteiger partial charge in [0.25, 0.3) is 0 Å². The molecule has 14 heavy (non-hydrogen) atoms. The number of ether oxygens (including phenoxy) is 1. The molecule has 0 heterocycles. The Labute approximate surface area is 87.0 Å².